The average Bonchev–Trinajstić information content (AvgIpc) is 2.61. The maximum Gasteiger partial charge on any atom is 0.230 e. The SMILES string of the molecule is COc1cc(C)c([C@@H](C)NC(=O)CSCc2ccccc2)cc1C(C)C. The first-order valence-corrected chi connectivity index (χ1v) is 10.2. The molecule has 0 radical (unpaired) electrons. The molecule has 0 aliphatic rings. The molecule has 0 fully saturated rings. The molecule has 0 unspecified atom stereocenters. The van der Waals surface area contributed by atoms with Crippen LogP contribution in [0.15, 0.2) is 42.5 Å². The zero-order chi connectivity index (χ0) is 19.1. The van der Waals surface area contributed by atoms with E-state index in [1.807, 2.05) is 25.1 Å². The van der Waals surface area contributed by atoms with E-state index in [2.05, 4.69) is 50.4 Å². The van der Waals surface area contributed by atoms with E-state index in [0.717, 1.165) is 22.6 Å². The zero-order valence-electron chi connectivity index (χ0n) is 16.3. The fourth-order valence-corrected chi connectivity index (χ4v) is 3.81. The van der Waals surface area contributed by atoms with Gasteiger partial charge in [-0.2, -0.15) is 0 Å². The van der Waals surface area contributed by atoms with Crippen LogP contribution in [0.5, 0.6) is 5.75 Å². The van der Waals surface area contributed by atoms with E-state index in [-0.39, 0.29) is 11.9 Å². The van der Waals surface area contributed by atoms with Gasteiger partial charge in [-0.15, -0.1) is 11.8 Å². The Morgan fingerprint density at radius 1 is 1.12 bits per heavy atom. The summed E-state index contributed by atoms with van der Waals surface area (Å²) in [4.78, 5) is 12.3. The number of rotatable bonds is 8. The summed E-state index contributed by atoms with van der Waals surface area (Å²) in [5.41, 5.74) is 4.70. The van der Waals surface area contributed by atoms with Crippen LogP contribution in [0.1, 0.15) is 55.0 Å². The molecule has 1 atom stereocenters. The molecule has 2 aromatic carbocycles. The highest BCUT2D eigenvalue weighted by atomic mass is 32.2. The van der Waals surface area contributed by atoms with E-state index in [1.54, 1.807) is 18.9 Å². The van der Waals surface area contributed by atoms with E-state index in [9.17, 15) is 4.79 Å². The predicted molar refractivity (Wildman–Crippen MR) is 111 cm³/mol. The number of amides is 1. The molecular weight excluding hydrogens is 342 g/mol. The molecule has 140 valence electrons. The molecule has 0 aliphatic carbocycles. The highest BCUT2D eigenvalue weighted by Crippen LogP contribution is 2.32. The normalized spacial score (nSPS) is 12.1. The van der Waals surface area contributed by atoms with Crippen LogP contribution in [-0.4, -0.2) is 18.8 Å². The molecule has 0 saturated heterocycles. The Labute approximate surface area is 161 Å². The maximum atomic E-state index is 12.3. The van der Waals surface area contributed by atoms with Gasteiger partial charge in [0.15, 0.2) is 0 Å². The predicted octanol–water partition coefficient (Wildman–Crippen LogP) is 5.24. The summed E-state index contributed by atoms with van der Waals surface area (Å²) in [6, 6.07) is 14.4. The summed E-state index contributed by atoms with van der Waals surface area (Å²) in [5, 5.41) is 3.13. The number of ether oxygens (including phenoxy) is 1. The summed E-state index contributed by atoms with van der Waals surface area (Å²) in [7, 11) is 1.70. The largest absolute Gasteiger partial charge is 0.496 e. The second-order valence-corrected chi connectivity index (χ2v) is 7.86. The van der Waals surface area contributed by atoms with Crippen LogP contribution < -0.4 is 10.1 Å². The Hall–Kier alpha value is -1.94. The molecule has 0 spiro atoms. The van der Waals surface area contributed by atoms with Crippen molar-refractivity contribution in [3.63, 3.8) is 0 Å². The summed E-state index contributed by atoms with van der Waals surface area (Å²) in [5.74, 6) is 2.67. The smallest absolute Gasteiger partial charge is 0.230 e. The Morgan fingerprint density at radius 3 is 2.42 bits per heavy atom. The van der Waals surface area contributed by atoms with Gasteiger partial charge in [0.25, 0.3) is 0 Å². The average molecular weight is 372 g/mol. The molecule has 2 rings (SSSR count). The first kappa shape index (κ1) is 20.4. The third-order valence-corrected chi connectivity index (χ3v) is 5.43. The number of hydrogen-bond donors (Lipinski definition) is 1. The molecule has 0 bridgehead atoms. The van der Waals surface area contributed by atoms with Crippen LogP contribution in [0.25, 0.3) is 0 Å². The monoisotopic (exact) mass is 371 g/mol. The quantitative estimate of drug-likeness (QED) is 0.690. The van der Waals surface area contributed by atoms with E-state index in [0.29, 0.717) is 11.7 Å². The van der Waals surface area contributed by atoms with Gasteiger partial charge in [-0.3, -0.25) is 4.79 Å². The highest BCUT2D eigenvalue weighted by Gasteiger charge is 2.16. The number of carbonyl (C=O) groups is 1. The van der Waals surface area contributed by atoms with Crippen LogP contribution in [0, 0.1) is 6.92 Å². The van der Waals surface area contributed by atoms with E-state index < -0.39 is 0 Å². The van der Waals surface area contributed by atoms with E-state index in [4.69, 9.17) is 4.74 Å². The van der Waals surface area contributed by atoms with Crippen LogP contribution >= 0.6 is 11.8 Å². The van der Waals surface area contributed by atoms with Gasteiger partial charge < -0.3 is 10.1 Å². The Kier molecular flexibility index (Phi) is 7.58. The lowest BCUT2D eigenvalue weighted by Gasteiger charge is -2.21. The molecular formula is C22H29NO2S. The van der Waals surface area contributed by atoms with Gasteiger partial charge in [-0.1, -0.05) is 44.2 Å². The molecule has 0 saturated carbocycles. The summed E-state index contributed by atoms with van der Waals surface area (Å²) < 4.78 is 5.51. The molecule has 0 aromatic heterocycles. The second kappa shape index (κ2) is 9.67. The second-order valence-electron chi connectivity index (χ2n) is 6.87. The van der Waals surface area contributed by atoms with Gasteiger partial charge in [0.05, 0.1) is 18.9 Å². The summed E-state index contributed by atoms with van der Waals surface area (Å²) in [6.45, 7) is 8.41. The van der Waals surface area contributed by atoms with Crippen molar-refractivity contribution >= 4 is 17.7 Å². The van der Waals surface area contributed by atoms with Gasteiger partial charge in [0, 0.05) is 5.75 Å². The molecule has 0 aliphatic heterocycles. The lowest BCUT2D eigenvalue weighted by atomic mass is 9.93. The first-order valence-electron chi connectivity index (χ1n) is 9.01. The van der Waals surface area contributed by atoms with Crippen molar-refractivity contribution < 1.29 is 9.53 Å². The topological polar surface area (TPSA) is 38.3 Å². The summed E-state index contributed by atoms with van der Waals surface area (Å²) >= 11 is 1.64. The minimum atomic E-state index is -0.0248. The van der Waals surface area contributed by atoms with Crippen molar-refractivity contribution in [1.29, 1.82) is 0 Å². The number of nitrogens with one attached hydrogen (secondary N) is 1. The minimum Gasteiger partial charge on any atom is -0.496 e. The van der Waals surface area contributed by atoms with Gasteiger partial charge in [0.2, 0.25) is 5.91 Å². The molecule has 4 heteroatoms. The summed E-state index contributed by atoms with van der Waals surface area (Å²) in [6.07, 6.45) is 0. The van der Waals surface area contributed by atoms with Crippen molar-refractivity contribution in [1.82, 2.24) is 5.32 Å². The van der Waals surface area contributed by atoms with Crippen molar-refractivity contribution in [2.75, 3.05) is 12.9 Å². The standard InChI is InChI=1S/C22H29NO2S/c1-15(2)19-12-20(16(3)11-21(19)25-5)17(4)23-22(24)14-26-13-18-9-7-6-8-10-18/h6-12,15,17H,13-14H2,1-5H3,(H,23,24)/t17-/m1/s1. The zero-order valence-corrected chi connectivity index (χ0v) is 17.2. The van der Waals surface area contributed by atoms with Gasteiger partial charge in [-0.25, -0.2) is 0 Å². The number of carbonyl (C=O) groups excluding carboxylic acids is 1. The fraction of sp³-hybridized carbons (Fsp3) is 0.409. The maximum absolute atomic E-state index is 12.3. The molecule has 26 heavy (non-hydrogen) atoms. The number of aryl methyl sites for hydroxylation is 1. The number of thioether (sulfide) groups is 1. The number of hydrogen-bond acceptors (Lipinski definition) is 3. The van der Waals surface area contributed by atoms with Gasteiger partial charge >= 0.3 is 0 Å². The van der Waals surface area contributed by atoms with Crippen molar-refractivity contribution in [2.45, 2.75) is 45.4 Å². The minimum absolute atomic E-state index is 0.0248. The fourth-order valence-electron chi connectivity index (χ4n) is 3.01. The Bertz CT molecular complexity index is 728. The van der Waals surface area contributed by atoms with Crippen molar-refractivity contribution in [3.05, 3.63) is 64.7 Å². The van der Waals surface area contributed by atoms with Crippen molar-refractivity contribution in [3.8, 4) is 5.75 Å². The van der Waals surface area contributed by atoms with E-state index in [1.165, 1.54) is 11.1 Å². The molecule has 1 N–H and O–H groups in total. The highest BCUT2D eigenvalue weighted by molar-refractivity contribution is 7.99. The molecule has 1 amide bonds. The Balaban J connectivity index is 1.97. The Morgan fingerprint density at radius 2 is 1.81 bits per heavy atom. The van der Waals surface area contributed by atoms with Crippen LogP contribution in [0.2, 0.25) is 0 Å². The molecule has 2 aromatic rings. The first-order chi connectivity index (χ1) is 12.4. The van der Waals surface area contributed by atoms with Crippen molar-refractivity contribution in [2.24, 2.45) is 0 Å². The molecule has 3 nitrogen and oxygen atoms in total. The van der Waals surface area contributed by atoms with Crippen LogP contribution in [0.3, 0.4) is 0 Å². The van der Waals surface area contributed by atoms with Crippen LogP contribution in [0.4, 0.5) is 0 Å². The number of methoxy groups -OCH3 is 1. The third kappa shape index (κ3) is 5.53. The third-order valence-electron chi connectivity index (χ3n) is 4.43. The van der Waals surface area contributed by atoms with E-state index >= 15 is 0 Å². The lowest BCUT2D eigenvalue weighted by molar-refractivity contribution is -0.119. The lowest BCUT2D eigenvalue weighted by Crippen LogP contribution is -2.28. The molecule has 0 heterocycles. The number of benzene rings is 2. The van der Waals surface area contributed by atoms with Gasteiger partial charge in [0.1, 0.15) is 5.75 Å². The van der Waals surface area contributed by atoms with Crippen LogP contribution in [-0.2, 0) is 10.5 Å². The van der Waals surface area contributed by atoms with Gasteiger partial charge in [-0.05, 0) is 54.2 Å².